The van der Waals surface area contributed by atoms with Gasteiger partial charge in [-0.1, -0.05) is 54.8 Å². The highest BCUT2D eigenvalue weighted by molar-refractivity contribution is 7.59. The van der Waals surface area contributed by atoms with Gasteiger partial charge in [0.1, 0.15) is 0 Å². The lowest BCUT2D eigenvalue weighted by atomic mass is 10.0. The summed E-state index contributed by atoms with van der Waals surface area (Å²) in [7, 11) is -3.36. The number of hydrogen-bond acceptors (Lipinski definition) is 3. The minimum atomic E-state index is -3.36. The van der Waals surface area contributed by atoms with Gasteiger partial charge in [-0.25, -0.2) is 0 Å². The Hall–Kier alpha value is -1.12. The van der Waals surface area contributed by atoms with E-state index in [0.717, 1.165) is 37.7 Å². The second-order valence-electron chi connectivity index (χ2n) is 5.93. The van der Waals surface area contributed by atoms with Crippen molar-refractivity contribution in [3.05, 3.63) is 35.9 Å². The van der Waals surface area contributed by atoms with Crippen molar-refractivity contribution in [3.63, 3.8) is 0 Å². The SMILES string of the molecule is CC(CC(c1ccccc1)P(=O)(O)C1CCCCC1)=NO. The quantitative estimate of drug-likeness (QED) is 0.362. The highest BCUT2D eigenvalue weighted by Crippen LogP contribution is 2.63. The van der Waals surface area contributed by atoms with E-state index < -0.39 is 13.0 Å². The minimum Gasteiger partial charge on any atom is -0.411 e. The molecule has 0 bridgehead atoms. The zero-order chi connectivity index (χ0) is 15.3. The fraction of sp³-hybridized carbons (Fsp3) is 0.562. The van der Waals surface area contributed by atoms with E-state index in [9.17, 15) is 9.46 Å². The number of hydrogen-bond donors (Lipinski definition) is 2. The molecule has 0 aliphatic heterocycles. The molecule has 5 heteroatoms. The molecule has 0 spiro atoms. The Kier molecular flexibility index (Phi) is 5.60. The molecule has 1 aliphatic carbocycles. The summed E-state index contributed by atoms with van der Waals surface area (Å²) >= 11 is 0. The van der Waals surface area contributed by atoms with Gasteiger partial charge in [-0.2, -0.15) is 0 Å². The van der Waals surface area contributed by atoms with Crippen molar-refractivity contribution in [2.24, 2.45) is 5.16 Å². The Labute approximate surface area is 126 Å². The monoisotopic (exact) mass is 309 g/mol. The first kappa shape index (κ1) is 16.3. The first-order chi connectivity index (χ1) is 10.1. The molecule has 21 heavy (non-hydrogen) atoms. The lowest BCUT2D eigenvalue weighted by molar-refractivity contribution is 0.317. The molecular formula is C16H24NO3P. The van der Waals surface area contributed by atoms with Crippen LogP contribution in [0.1, 0.15) is 56.7 Å². The lowest BCUT2D eigenvalue weighted by Crippen LogP contribution is -2.18. The zero-order valence-electron chi connectivity index (χ0n) is 12.5. The van der Waals surface area contributed by atoms with E-state index in [1.54, 1.807) is 6.92 Å². The molecule has 2 atom stereocenters. The third kappa shape index (κ3) is 3.96. The van der Waals surface area contributed by atoms with E-state index in [-0.39, 0.29) is 5.66 Å². The smallest absolute Gasteiger partial charge is 0.211 e. The van der Waals surface area contributed by atoms with Crippen LogP contribution >= 0.6 is 7.37 Å². The van der Waals surface area contributed by atoms with Crippen LogP contribution in [0.4, 0.5) is 0 Å². The average molecular weight is 309 g/mol. The van der Waals surface area contributed by atoms with Gasteiger partial charge in [-0.15, -0.1) is 0 Å². The van der Waals surface area contributed by atoms with Crippen molar-refractivity contribution in [1.82, 2.24) is 0 Å². The van der Waals surface area contributed by atoms with Crippen LogP contribution in [0.2, 0.25) is 0 Å². The summed E-state index contributed by atoms with van der Waals surface area (Å²) in [5.74, 6) is 0. The summed E-state index contributed by atoms with van der Waals surface area (Å²) in [6.07, 6.45) is 5.20. The molecule has 0 amide bonds. The van der Waals surface area contributed by atoms with Crippen molar-refractivity contribution in [3.8, 4) is 0 Å². The third-order valence-electron chi connectivity index (χ3n) is 4.39. The second kappa shape index (κ2) is 7.24. The van der Waals surface area contributed by atoms with Gasteiger partial charge in [0.15, 0.2) is 0 Å². The standard InChI is InChI=1S/C16H24NO3P/c1-13(17-18)12-16(14-8-4-2-5-9-14)21(19,20)15-10-6-3-7-11-15/h2,4-5,8-9,15-16,18H,3,6-7,10-12H2,1H3,(H,19,20). The number of benzene rings is 1. The van der Waals surface area contributed by atoms with Crippen LogP contribution in [0.15, 0.2) is 35.5 Å². The van der Waals surface area contributed by atoms with Gasteiger partial charge in [0.05, 0.1) is 11.4 Å². The van der Waals surface area contributed by atoms with Gasteiger partial charge in [-0.05, 0) is 25.3 Å². The molecule has 0 heterocycles. The summed E-state index contributed by atoms with van der Waals surface area (Å²) < 4.78 is 13.1. The second-order valence-corrected chi connectivity index (χ2v) is 8.63. The molecule has 1 aliphatic rings. The van der Waals surface area contributed by atoms with Crippen LogP contribution in [-0.4, -0.2) is 21.5 Å². The van der Waals surface area contributed by atoms with E-state index in [1.165, 1.54) is 0 Å². The predicted molar refractivity (Wildman–Crippen MR) is 85.4 cm³/mol. The first-order valence-electron chi connectivity index (χ1n) is 7.60. The van der Waals surface area contributed by atoms with Gasteiger partial charge in [-0.3, -0.25) is 4.57 Å². The van der Waals surface area contributed by atoms with Crippen molar-refractivity contribution in [2.45, 2.75) is 56.8 Å². The Balaban J connectivity index is 2.31. The van der Waals surface area contributed by atoms with Gasteiger partial charge in [0.2, 0.25) is 7.37 Å². The van der Waals surface area contributed by atoms with Crippen LogP contribution < -0.4 is 0 Å². The number of rotatable bonds is 5. The first-order valence-corrected chi connectivity index (χ1v) is 9.40. The summed E-state index contributed by atoms with van der Waals surface area (Å²) in [5, 5.41) is 12.1. The van der Waals surface area contributed by atoms with Crippen molar-refractivity contribution < 1.29 is 14.7 Å². The molecule has 1 aromatic carbocycles. The molecule has 1 aromatic rings. The Morgan fingerprint density at radius 1 is 1.29 bits per heavy atom. The van der Waals surface area contributed by atoms with Gasteiger partial charge < -0.3 is 10.1 Å². The molecule has 0 saturated heterocycles. The van der Waals surface area contributed by atoms with Gasteiger partial charge >= 0.3 is 0 Å². The summed E-state index contributed by atoms with van der Waals surface area (Å²) in [6.45, 7) is 1.69. The van der Waals surface area contributed by atoms with E-state index >= 15 is 0 Å². The van der Waals surface area contributed by atoms with Crippen LogP contribution in [-0.2, 0) is 4.57 Å². The van der Waals surface area contributed by atoms with E-state index in [4.69, 9.17) is 5.21 Å². The maximum Gasteiger partial charge on any atom is 0.211 e. The summed E-state index contributed by atoms with van der Waals surface area (Å²) in [5.41, 5.74) is 0.756. The molecule has 2 unspecified atom stereocenters. The molecule has 116 valence electrons. The molecule has 0 radical (unpaired) electrons. The topological polar surface area (TPSA) is 69.9 Å². The fourth-order valence-electron chi connectivity index (χ4n) is 3.16. The highest BCUT2D eigenvalue weighted by Gasteiger charge is 2.40. The van der Waals surface area contributed by atoms with Crippen LogP contribution in [0.3, 0.4) is 0 Å². The number of oxime groups is 1. The number of nitrogens with zero attached hydrogens (tertiary/aromatic N) is 1. The average Bonchev–Trinajstić information content (AvgIpc) is 2.53. The molecule has 4 nitrogen and oxygen atoms in total. The van der Waals surface area contributed by atoms with Gasteiger partial charge in [0.25, 0.3) is 0 Å². The van der Waals surface area contributed by atoms with Crippen molar-refractivity contribution >= 4 is 13.1 Å². The van der Waals surface area contributed by atoms with Crippen molar-refractivity contribution in [2.75, 3.05) is 0 Å². The van der Waals surface area contributed by atoms with E-state index in [1.807, 2.05) is 30.3 Å². The summed E-state index contributed by atoms with van der Waals surface area (Å²) in [6, 6.07) is 9.45. The molecular weight excluding hydrogens is 285 g/mol. The fourth-order valence-corrected chi connectivity index (χ4v) is 5.90. The van der Waals surface area contributed by atoms with Crippen LogP contribution in [0, 0.1) is 0 Å². The van der Waals surface area contributed by atoms with E-state index in [2.05, 4.69) is 5.16 Å². The molecule has 1 saturated carbocycles. The Bertz CT molecular complexity index is 524. The molecule has 0 aromatic heterocycles. The lowest BCUT2D eigenvalue weighted by Gasteiger charge is -2.32. The van der Waals surface area contributed by atoms with Gasteiger partial charge in [0, 0.05) is 12.1 Å². The predicted octanol–water partition coefficient (Wildman–Crippen LogP) is 4.57. The van der Waals surface area contributed by atoms with Crippen LogP contribution in [0.5, 0.6) is 0 Å². The Morgan fingerprint density at radius 2 is 1.90 bits per heavy atom. The van der Waals surface area contributed by atoms with E-state index in [0.29, 0.717) is 12.1 Å². The third-order valence-corrected chi connectivity index (χ3v) is 7.32. The highest BCUT2D eigenvalue weighted by atomic mass is 31.2. The summed E-state index contributed by atoms with van der Waals surface area (Å²) in [4.78, 5) is 10.8. The minimum absolute atomic E-state index is 0.122. The van der Waals surface area contributed by atoms with Crippen molar-refractivity contribution in [1.29, 1.82) is 0 Å². The maximum absolute atomic E-state index is 13.1. The normalized spacial score (nSPS) is 21.7. The largest absolute Gasteiger partial charge is 0.411 e. The maximum atomic E-state index is 13.1. The molecule has 1 fully saturated rings. The molecule has 2 rings (SSSR count). The Morgan fingerprint density at radius 3 is 2.48 bits per heavy atom. The molecule has 2 N–H and O–H groups in total. The zero-order valence-corrected chi connectivity index (χ0v) is 13.4. The van der Waals surface area contributed by atoms with Crippen LogP contribution in [0.25, 0.3) is 0 Å².